The lowest BCUT2D eigenvalue weighted by molar-refractivity contribution is -0.131. The standard InChI is InChI=1S/C11H22N2O/c1-7-9(12)6-5-8(10(14)13-4)11(7,2)3/h7-9H,5-6,12H2,1-4H3,(H,13,14). The minimum atomic E-state index is 0.0117. The number of carbonyl (C=O) groups is 1. The lowest BCUT2D eigenvalue weighted by atomic mass is 9.61. The molecule has 3 nitrogen and oxygen atoms in total. The van der Waals surface area contributed by atoms with Gasteiger partial charge in [0.15, 0.2) is 0 Å². The van der Waals surface area contributed by atoms with Crippen LogP contribution in [0.2, 0.25) is 0 Å². The lowest BCUT2D eigenvalue weighted by Gasteiger charge is -2.45. The summed E-state index contributed by atoms with van der Waals surface area (Å²) in [5.41, 5.74) is 6.04. The number of amides is 1. The summed E-state index contributed by atoms with van der Waals surface area (Å²) in [4.78, 5) is 11.7. The third-order valence-corrected chi connectivity index (χ3v) is 4.07. The fourth-order valence-corrected chi connectivity index (χ4v) is 2.49. The van der Waals surface area contributed by atoms with E-state index in [0.29, 0.717) is 5.92 Å². The van der Waals surface area contributed by atoms with Gasteiger partial charge in [0.25, 0.3) is 0 Å². The zero-order chi connectivity index (χ0) is 10.9. The van der Waals surface area contributed by atoms with Gasteiger partial charge in [-0.2, -0.15) is 0 Å². The van der Waals surface area contributed by atoms with Crippen LogP contribution in [0.5, 0.6) is 0 Å². The third-order valence-electron chi connectivity index (χ3n) is 4.07. The van der Waals surface area contributed by atoms with Crippen molar-refractivity contribution < 1.29 is 4.79 Å². The third kappa shape index (κ3) is 1.78. The molecule has 0 aromatic rings. The first-order chi connectivity index (χ1) is 6.41. The van der Waals surface area contributed by atoms with Crippen LogP contribution in [0.1, 0.15) is 33.6 Å². The molecule has 3 atom stereocenters. The molecule has 14 heavy (non-hydrogen) atoms. The molecule has 1 rings (SSSR count). The van der Waals surface area contributed by atoms with Crippen molar-refractivity contribution in [3.05, 3.63) is 0 Å². The van der Waals surface area contributed by atoms with Crippen LogP contribution in [-0.2, 0) is 4.79 Å². The van der Waals surface area contributed by atoms with Gasteiger partial charge < -0.3 is 11.1 Å². The number of nitrogens with two attached hydrogens (primary N) is 1. The van der Waals surface area contributed by atoms with Crippen molar-refractivity contribution in [2.24, 2.45) is 23.0 Å². The van der Waals surface area contributed by atoms with E-state index in [1.807, 2.05) is 0 Å². The van der Waals surface area contributed by atoms with Crippen LogP contribution in [0.25, 0.3) is 0 Å². The average molecular weight is 198 g/mol. The Labute approximate surface area is 86.4 Å². The van der Waals surface area contributed by atoms with Gasteiger partial charge in [-0.3, -0.25) is 4.79 Å². The van der Waals surface area contributed by atoms with Gasteiger partial charge in [0.1, 0.15) is 0 Å². The second kappa shape index (κ2) is 3.89. The summed E-state index contributed by atoms with van der Waals surface area (Å²) in [7, 11) is 1.71. The first-order valence-corrected chi connectivity index (χ1v) is 5.38. The molecule has 1 aliphatic carbocycles. The van der Waals surface area contributed by atoms with Gasteiger partial charge in [0.05, 0.1) is 0 Å². The van der Waals surface area contributed by atoms with Crippen LogP contribution < -0.4 is 11.1 Å². The summed E-state index contributed by atoms with van der Waals surface area (Å²) in [6, 6.07) is 0.242. The molecule has 3 unspecified atom stereocenters. The Morgan fingerprint density at radius 3 is 2.50 bits per heavy atom. The summed E-state index contributed by atoms with van der Waals surface area (Å²) in [6.45, 7) is 6.45. The summed E-state index contributed by atoms with van der Waals surface area (Å²) >= 11 is 0. The maximum atomic E-state index is 11.7. The number of rotatable bonds is 1. The van der Waals surface area contributed by atoms with Crippen molar-refractivity contribution in [2.45, 2.75) is 39.7 Å². The van der Waals surface area contributed by atoms with E-state index in [9.17, 15) is 4.79 Å². The second-order valence-electron chi connectivity index (χ2n) is 5.02. The highest BCUT2D eigenvalue weighted by Gasteiger charge is 2.44. The van der Waals surface area contributed by atoms with E-state index in [-0.39, 0.29) is 23.3 Å². The highest BCUT2D eigenvalue weighted by atomic mass is 16.1. The van der Waals surface area contributed by atoms with Crippen molar-refractivity contribution in [3.63, 3.8) is 0 Å². The van der Waals surface area contributed by atoms with Crippen LogP contribution >= 0.6 is 0 Å². The SMILES string of the molecule is CNC(=O)C1CCC(N)C(C)C1(C)C. The first kappa shape index (κ1) is 11.5. The van der Waals surface area contributed by atoms with E-state index in [1.165, 1.54) is 0 Å². The molecular formula is C11H22N2O. The lowest BCUT2D eigenvalue weighted by Crippen LogP contribution is -2.51. The van der Waals surface area contributed by atoms with Gasteiger partial charge >= 0.3 is 0 Å². The first-order valence-electron chi connectivity index (χ1n) is 5.38. The molecule has 0 aromatic heterocycles. The Kier molecular flexibility index (Phi) is 3.20. The fourth-order valence-electron chi connectivity index (χ4n) is 2.49. The quantitative estimate of drug-likeness (QED) is 0.663. The monoisotopic (exact) mass is 198 g/mol. The smallest absolute Gasteiger partial charge is 0.223 e. The van der Waals surface area contributed by atoms with Gasteiger partial charge in [-0.05, 0) is 24.2 Å². The summed E-state index contributed by atoms with van der Waals surface area (Å²) in [6.07, 6.45) is 1.88. The average Bonchev–Trinajstić information content (AvgIpc) is 2.13. The second-order valence-corrected chi connectivity index (χ2v) is 5.02. The molecular weight excluding hydrogens is 176 g/mol. The molecule has 0 heterocycles. The predicted molar refractivity (Wildman–Crippen MR) is 57.7 cm³/mol. The van der Waals surface area contributed by atoms with Crippen LogP contribution in [0.3, 0.4) is 0 Å². The topological polar surface area (TPSA) is 55.1 Å². The molecule has 1 fully saturated rings. The van der Waals surface area contributed by atoms with Crippen LogP contribution in [0, 0.1) is 17.3 Å². The Hall–Kier alpha value is -0.570. The van der Waals surface area contributed by atoms with Gasteiger partial charge in [-0.1, -0.05) is 20.8 Å². The zero-order valence-corrected chi connectivity index (χ0v) is 9.63. The highest BCUT2D eigenvalue weighted by molar-refractivity contribution is 5.79. The van der Waals surface area contributed by atoms with Crippen LogP contribution in [0.4, 0.5) is 0 Å². The largest absolute Gasteiger partial charge is 0.359 e. The summed E-state index contributed by atoms with van der Waals surface area (Å²) in [5.74, 6) is 0.676. The molecule has 0 aromatic carbocycles. The van der Waals surface area contributed by atoms with E-state index in [2.05, 4.69) is 26.1 Å². The normalized spacial score (nSPS) is 36.5. The maximum absolute atomic E-state index is 11.7. The Bertz CT molecular complexity index is 225. The molecule has 3 heteroatoms. The Morgan fingerprint density at radius 2 is 2.00 bits per heavy atom. The molecule has 1 aliphatic rings. The van der Waals surface area contributed by atoms with Crippen molar-refractivity contribution in [1.29, 1.82) is 0 Å². The molecule has 1 saturated carbocycles. The number of nitrogens with one attached hydrogen (secondary N) is 1. The molecule has 0 bridgehead atoms. The Balaban J connectivity index is 2.84. The minimum Gasteiger partial charge on any atom is -0.359 e. The van der Waals surface area contributed by atoms with Gasteiger partial charge in [0, 0.05) is 19.0 Å². The predicted octanol–water partition coefficient (Wildman–Crippen LogP) is 1.13. The molecule has 0 saturated heterocycles. The number of carbonyl (C=O) groups excluding carboxylic acids is 1. The zero-order valence-electron chi connectivity index (χ0n) is 9.63. The van der Waals surface area contributed by atoms with Crippen molar-refractivity contribution in [2.75, 3.05) is 7.05 Å². The summed E-state index contributed by atoms with van der Waals surface area (Å²) in [5, 5.41) is 2.75. The van der Waals surface area contributed by atoms with Gasteiger partial charge in [-0.15, -0.1) is 0 Å². The molecule has 0 radical (unpaired) electrons. The van der Waals surface area contributed by atoms with E-state index >= 15 is 0 Å². The van der Waals surface area contributed by atoms with Crippen LogP contribution in [0.15, 0.2) is 0 Å². The van der Waals surface area contributed by atoms with E-state index in [0.717, 1.165) is 12.8 Å². The van der Waals surface area contributed by atoms with Crippen molar-refractivity contribution in [3.8, 4) is 0 Å². The van der Waals surface area contributed by atoms with E-state index in [1.54, 1.807) is 7.05 Å². The van der Waals surface area contributed by atoms with Gasteiger partial charge in [-0.25, -0.2) is 0 Å². The molecule has 3 N–H and O–H groups in total. The van der Waals surface area contributed by atoms with E-state index < -0.39 is 0 Å². The molecule has 82 valence electrons. The molecule has 0 spiro atoms. The number of hydrogen-bond donors (Lipinski definition) is 2. The fraction of sp³-hybridized carbons (Fsp3) is 0.909. The maximum Gasteiger partial charge on any atom is 0.223 e. The van der Waals surface area contributed by atoms with Crippen LogP contribution in [-0.4, -0.2) is 19.0 Å². The highest BCUT2D eigenvalue weighted by Crippen LogP contribution is 2.44. The summed E-state index contributed by atoms with van der Waals surface area (Å²) < 4.78 is 0. The number of hydrogen-bond acceptors (Lipinski definition) is 2. The minimum absolute atomic E-state index is 0.0117. The van der Waals surface area contributed by atoms with Gasteiger partial charge in [0.2, 0.25) is 5.91 Å². The Morgan fingerprint density at radius 1 is 1.43 bits per heavy atom. The van der Waals surface area contributed by atoms with Crippen molar-refractivity contribution in [1.82, 2.24) is 5.32 Å². The molecule has 0 aliphatic heterocycles. The van der Waals surface area contributed by atoms with Crippen molar-refractivity contribution >= 4 is 5.91 Å². The molecule has 1 amide bonds. The van der Waals surface area contributed by atoms with E-state index in [4.69, 9.17) is 5.73 Å².